The van der Waals surface area contributed by atoms with Crippen LogP contribution in [0.3, 0.4) is 0 Å². The summed E-state index contributed by atoms with van der Waals surface area (Å²) in [6.45, 7) is 4.59. The molecule has 0 saturated heterocycles. The summed E-state index contributed by atoms with van der Waals surface area (Å²) in [4.78, 5) is 0. The molecular weight excluding hydrogens is 614 g/mol. The first-order chi connectivity index (χ1) is 23.6. The highest BCUT2D eigenvalue weighted by atomic mass is 31.2. The van der Waals surface area contributed by atoms with E-state index in [1.807, 2.05) is 0 Å². The van der Waals surface area contributed by atoms with Crippen molar-refractivity contribution in [2.75, 3.05) is 12.3 Å². The Kier molecular flexibility index (Phi) is 11.1. The zero-order valence-corrected chi connectivity index (χ0v) is 29.7. The molecule has 0 amide bonds. The van der Waals surface area contributed by atoms with Gasteiger partial charge in [-0.1, -0.05) is 133 Å². The molecule has 0 heterocycles. The van der Waals surface area contributed by atoms with Gasteiger partial charge in [-0.2, -0.15) is 0 Å². The van der Waals surface area contributed by atoms with E-state index in [-0.39, 0.29) is 0 Å². The van der Waals surface area contributed by atoms with Gasteiger partial charge in [0.2, 0.25) is 0 Å². The van der Waals surface area contributed by atoms with Crippen molar-refractivity contribution in [1.82, 2.24) is 0 Å². The molecule has 0 aliphatic carbocycles. The summed E-state index contributed by atoms with van der Waals surface area (Å²) < 4.78 is 0. The van der Waals surface area contributed by atoms with Crippen molar-refractivity contribution < 1.29 is 0 Å². The first-order valence-corrected chi connectivity index (χ1v) is 20.7. The summed E-state index contributed by atoms with van der Waals surface area (Å²) >= 11 is 0. The summed E-state index contributed by atoms with van der Waals surface area (Å²) in [5.74, 6) is 0. The fourth-order valence-electron chi connectivity index (χ4n) is 6.83. The molecule has 0 aliphatic heterocycles. The van der Waals surface area contributed by atoms with Crippen LogP contribution in [0.15, 0.2) is 217 Å². The number of rotatable bonds is 12. The van der Waals surface area contributed by atoms with Crippen LogP contribution in [0.1, 0.15) is 13.8 Å². The molecule has 236 valence electrons. The summed E-state index contributed by atoms with van der Waals surface area (Å²) in [7, 11) is -3.84. The number of hydrogen-bond donors (Lipinski definition) is 0. The standard InChI is InChI=1S/C46H44P2/c1-39(37-47(41-25-9-3-10-26-41,42-27-11-4-12-28-42)43-29-13-5-14-30-43)23-21-22-24-40(2)38-48(44-31-15-6-16-32-44,45-33-17-7-18-34-45)46-35-19-8-20-36-46/h3-36H,37-38H2,1-2H3/q+2. The van der Waals surface area contributed by atoms with Crippen LogP contribution in [0.4, 0.5) is 0 Å². The maximum Gasteiger partial charge on any atom is 0.116 e. The third-order valence-electron chi connectivity index (χ3n) is 9.03. The maximum atomic E-state index is 2.32. The highest BCUT2D eigenvalue weighted by Gasteiger charge is 2.46. The molecule has 0 N–H and O–H groups in total. The van der Waals surface area contributed by atoms with Crippen LogP contribution in [0.25, 0.3) is 0 Å². The normalized spacial score (nSPS) is 12.7. The van der Waals surface area contributed by atoms with Crippen molar-refractivity contribution in [3.63, 3.8) is 0 Å². The molecule has 0 aromatic heterocycles. The van der Waals surface area contributed by atoms with E-state index in [2.05, 4.69) is 220 Å². The van der Waals surface area contributed by atoms with Crippen molar-refractivity contribution in [1.29, 1.82) is 0 Å². The lowest BCUT2D eigenvalue weighted by Gasteiger charge is -2.28. The predicted molar refractivity (Wildman–Crippen MR) is 217 cm³/mol. The number of benzene rings is 6. The second-order valence-electron chi connectivity index (χ2n) is 12.4. The Balaban J connectivity index is 1.34. The molecule has 48 heavy (non-hydrogen) atoms. The third-order valence-corrected chi connectivity index (χ3v) is 18.1. The van der Waals surface area contributed by atoms with Gasteiger partial charge in [0.25, 0.3) is 0 Å². The van der Waals surface area contributed by atoms with Crippen molar-refractivity contribution in [2.45, 2.75) is 13.8 Å². The molecule has 2 heteroatoms. The van der Waals surface area contributed by atoms with Crippen molar-refractivity contribution in [2.24, 2.45) is 0 Å². The lowest BCUT2D eigenvalue weighted by atomic mass is 10.2. The van der Waals surface area contributed by atoms with Crippen molar-refractivity contribution in [3.8, 4) is 0 Å². The van der Waals surface area contributed by atoms with Gasteiger partial charge in [-0.25, -0.2) is 0 Å². The quantitative estimate of drug-likeness (QED) is 0.0908. The average molecular weight is 659 g/mol. The van der Waals surface area contributed by atoms with Gasteiger partial charge >= 0.3 is 0 Å². The molecule has 0 radical (unpaired) electrons. The van der Waals surface area contributed by atoms with Crippen LogP contribution in [0, 0.1) is 0 Å². The van der Waals surface area contributed by atoms with E-state index in [4.69, 9.17) is 0 Å². The summed E-state index contributed by atoms with van der Waals surface area (Å²) in [6.07, 6.45) is 11.1. The van der Waals surface area contributed by atoms with E-state index in [0.717, 1.165) is 12.3 Å². The Morgan fingerprint density at radius 1 is 0.333 bits per heavy atom. The summed E-state index contributed by atoms with van der Waals surface area (Å²) in [5, 5.41) is 8.49. The summed E-state index contributed by atoms with van der Waals surface area (Å²) in [5.41, 5.74) is 2.75. The topological polar surface area (TPSA) is 0 Å². The molecule has 0 fully saturated rings. The minimum atomic E-state index is -1.92. The second-order valence-corrected chi connectivity index (χ2v) is 19.3. The zero-order valence-electron chi connectivity index (χ0n) is 27.9. The Labute approximate surface area is 288 Å². The SMILES string of the molecule is CC(=CC=CC=C(C)C[P+](c1ccccc1)(c1ccccc1)c1ccccc1)C[P+](c1ccccc1)(c1ccccc1)c1ccccc1. The summed E-state index contributed by atoms with van der Waals surface area (Å²) in [6, 6.07) is 66.9. The Morgan fingerprint density at radius 2 is 0.521 bits per heavy atom. The Hall–Kier alpha value is -4.60. The average Bonchev–Trinajstić information content (AvgIpc) is 3.17. The van der Waals surface area contributed by atoms with Gasteiger partial charge in [-0.15, -0.1) is 0 Å². The Bertz CT molecular complexity index is 1610. The van der Waals surface area contributed by atoms with Gasteiger partial charge in [0.05, 0.1) is 12.3 Å². The van der Waals surface area contributed by atoms with Crippen LogP contribution in [0.2, 0.25) is 0 Å². The lowest BCUT2D eigenvalue weighted by molar-refractivity contribution is 1.38. The molecule has 6 aromatic carbocycles. The van der Waals surface area contributed by atoms with E-state index in [0.29, 0.717) is 0 Å². The van der Waals surface area contributed by atoms with Crippen LogP contribution in [0.5, 0.6) is 0 Å². The molecule has 0 atom stereocenters. The fraction of sp³-hybridized carbons (Fsp3) is 0.0870. The van der Waals surface area contributed by atoms with Gasteiger partial charge in [-0.05, 0) is 97.8 Å². The fourth-order valence-corrected chi connectivity index (χ4v) is 15.5. The van der Waals surface area contributed by atoms with Gasteiger partial charge < -0.3 is 0 Å². The molecule has 0 unspecified atom stereocenters. The third kappa shape index (κ3) is 7.27. The zero-order chi connectivity index (χ0) is 33.1. The van der Waals surface area contributed by atoms with E-state index >= 15 is 0 Å². The number of hydrogen-bond acceptors (Lipinski definition) is 0. The van der Waals surface area contributed by atoms with Crippen molar-refractivity contribution in [3.05, 3.63) is 217 Å². The van der Waals surface area contributed by atoms with Crippen molar-refractivity contribution >= 4 is 46.4 Å². The highest BCUT2D eigenvalue weighted by Crippen LogP contribution is 2.57. The van der Waals surface area contributed by atoms with E-state index in [9.17, 15) is 0 Å². The van der Waals surface area contributed by atoms with Crippen LogP contribution >= 0.6 is 14.5 Å². The molecule has 0 saturated carbocycles. The van der Waals surface area contributed by atoms with Gasteiger partial charge in [0.15, 0.2) is 0 Å². The highest BCUT2D eigenvalue weighted by molar-refractivity contribution is 7.96. The van der Waals surface area contributed by atoms with E-state index in [1.54, 1.807) is 0 Å². The van der Waals surface area contributed by atoms with Gasteiger partial charge in [-0.3, -0.25) is 0 Å². The molecule has 0 aliphatic rings. The molecule has 6 aromatic rings. The molecule has 6 rings (SSSR count). The predicted octanol–water partition coefficient (Wildman–Crippen LogP) is 9.42. The largest absolute Gasteiger partial charge is 0.116 e. The van der Waals surface area contributed by atoms with E-state index in [1.165, 1.54) is 43.0 Å². The van der Waals surface area contributed by atoms with Gasteiger partial charge in [0.1, 0.15) is 46.4 Å². The molecular formula is C46H44P2+2. The second kappa shape index (κ2) is 16.0. The van der Waals surface area contributed by atoms with Crippen LogP contribution in [-0.2, 0) is 0 Å². The molecule has 0 spiro atoms. The smallest absolute Gasteiger partial charge is 0.0622 e. The maximum absolute atomic E-state index is 2.32. The molecule has 0 nitrogen and oxygen atoms in total. The number of allylic oxidation sites excluding steroid dienone is 6. The molecule has 0 bridgehead atoms. The van der Waals surface area contributed by atoms with Crippen LogP contribution < -0.4 is 31.8 Å². The van der Waals surface area contributed by atoms with Gasteiger partial charge in [0, 0.05) is 0 Å². The lowest BCUT2D eigenvalue weighted by Crippen LogP contribution is -2.33. The Morgan fingerprint density at radius 3 is 0.708 bits per heavy atom. The minimum absolute atomic E-state index is 0.989. The minimum Gasteiger partial charge on any atom is -0.0622 e. The van der Waals surface area contributed by atoms with Crippen LogP contribution in [-0.4, -0.2) is 12.3 Å². The van der Waals surface area contributed by atoms with E-state index < -0.39 is 14.5 Å². The first kappa shape index (κ1) is 33.3. The first-order valence-electron chi connectivity index (χ1n) is 16.7. The monoisotopic (exact) mass is 658 g/mol.